The molecule has 0 radical (unpaired) electrons. The quantitative estimate of drug-likeness (QED) is 0.853. The lowest BCUT2D eigenvalue weighted by molar-refractivity contribution is -0.141. The number of likely N-dealkylation sites (tertiary alicyclic amines) is 1. The number of piperidine rings is 1. The Morgan fingerprint density at radius 1 is 1.19 bits per heavy atom. The molecular weight excluding hydrogens is 373 g/mol. The predicted octanol–water partition coefficient (Wildman–Crippen LogP) is 2.82. The number of nitrogens with zero attached hydrogens (tertiary/aromatic N) is 2. The zero-order valence-electron chi connectivity index (χ0n) is 15.4. The Morgan fingerprint density at radius 2 is 1.85 bits per heavy atom. The summed E-state index contributed by atoms with van der Waals surface area (Å²) in [5, 5.41) is 2.95. The fourth-order valence-corrected chi connectivity index (χ4v) is 3.70. The second kappa shape index (κ2) is 8.89. The lowest BCUT2D eigenvalue weighted by Gasteiger charge is -2.35. The minimum atomic E-state index is -0.481. The average Bonchev–Trinajstić information content (AvgIpc) is 2.70. The molecule has 1 aromatic carbocycles. The Kier molecular flexibility index (Phi) is 6.55. The lowest BCUT2D eigenvalue weighted by Crippen LogP contribution is -2.49. The fraction of sp³-hybridized carbons (Fsp3) is 0.579. The van der Waals surface area contributed by atoms with Crippen LogP contribution < -0.4 is 5.32 Å². The van der Waals surface area contributed by atoms with Crippen molar-refractivity contribution in [3.05, 3.63) is 34.6 Å². The van der Waals surface area contributed by atoms with Crippen LogP contribution in [0.5, 0.6) is 0 Å². The smallest absolute Gasteiger partial charge is 0.317 e. The third-order valence-electron chi connectivity index (χ3n) is 5.24. The van der Waals surface area contributed by atoms with Crippen LogP contribution in [0.2, 0.25) is 5.02 Å². The third kappa shape index (κ3) is 4.90. The van der Waals surface area contributed by atoms with Gasteiger partial charge in [0.15, 0.2) is 0 Å². The average molecular weight is 398 g/mol. The normalized spacial score (nSPS) is 19.7. The molecule has 3 rings (SSSR count). The molecule has 1 atom stereocenters. The van der Waals surface area contributed by atoms with Gasteiger partial charge in [-0.2, -0.15) is 0 Å². The van der Waals surface area contributed by atoms with E-state index in [1.165, 1.54) is 12.1 Å². The molecule has 0 aliphatic carbocycles. The van der Waals surface area contributed by atoms with Gasteiger partial charge < -0.3 is 19.9 Å². The Hall–Kier alpha value is -1.86. The van der Waals surface area contributed by atoms with E-state index in [0.717, 1.165) is 5.56 Å². The number of urea groups is 1. The van der Waals surface area contributed by atoms with Gasteiger partial charge in [0.05, 0.1) is 24.3 Å². The SMILES string of the molecule is CC(NC(=O)N1CCC(C(=O)N2CCOCC2)CC1)c1ccc(F)c(Cl)c1. The molecule has 2 aliphatic rings. The first-order valence-electron chi connectivity index (χ1n) is 9.32. The minimum absolute atomic E-state index is 0.0273. The summed E-state index contributed by atoms with van der Waals surface area (Å²) in [5.74, 6) is -0.334. The van der Waals surface area contributed by atoms with E-state index in [2.05, 4.69) is 5.32 Å². The van der Waals surface area contributed by atoms with Gasteiger partial charge in [-0.05, 0) is 37.5 Å². The first-order chi connectivity index (χ1) is 13.0. The van der Waals surface area contributed by atoms with Crippen LogP contribution in [-0.4, -0.2) is 61.1 Å². The lowest BCUT2D eigenvalue weighted by atomic mass is 9.95. The number of amides is 3. The van der Waals surface area contributed by atoms with Crippen molar-refractivity contribution in [1.82, 2.24) is 15.1 Å². The van der Waals surface area contributed by atoms with Crippen LogP contribution in [0.1, 0.15) is 31.4 Å². The molecule has 1 aromatic rings. The molecule has 0 bridgehead atoms. The predicted molar refractivity (Wildman–Crippen MR) is 100 cm³/mol. The molecule has 0 aromatic heterocycles. The van der Waals surface area contributed by atoms with E-state index in [0.29, 0.717) is 52.2 Å². The molecule has 2 heterocycles. The van der Waals surface area contributed by atoms with Crippen molar-refractivity contribution in [1.29, 1.82) is 0 Å². The Labute approximate surface area is 163 Å². The van der Waals surface area contributed by atoms with Crippen molar-refractivity contribution in [2.45, 2.75) is 25.8 Å². The number of morpholine rings is 1. The summed E-state index contributed by atoms with van der Waals surface area (Å²) in [6.07, 6.45) is 1.33. The number of hydrogen-bond acceptors (Lipinski definition) is 3. The van der Waals surface area contributed by atoms with Crippen LogP contribution in [-0.2, 0) is 9.53 Å². The van der Waals surface area contributed by atoms with E-state index in [4.69, 9.17) is 16.3 Å². The van der Waals surface area contributed by atoms with Crippen molar-refractivity contribution < 1.29 is 18.7 Å². The van der Waals surface area contributed by atoms with Gasteiger partial charge in [-0.3, -0.25) is 4.79 Å². The Bertz CT molecular complexity index is 689. The molecule has 27 heavy (non-hydrogen) atoms. The zero-order chi connectivity index (χ0) is 19.4. The number of benzene rings is 1. The summed E-state index contributed by atoms with van der Waals surface area (Å²) in [6.45, 7) is 5.41. The van der Waals surface area contributed by atoms with Crippen molar-refractivity contribution in [3.8, 4) is 0 Å². The van der Waals surface area contributed by atoms with Crippen LogP contribution in [0.3, 0.4) is 0 Å². The molecule has 1 N–H and O–H groups in total. The maximum Gasteiger partial charge on any atom is 0.317 e. The van der Waals surface area contributed by atoms with Gasteiger partial charge in [0.1, 0.15) is 5.82 Å². The molecular formula is C19H25ClFN3O3. The minimum Gasteiger partial charge on any atom is -0.378 e. The van der Waals surface area contributed by atoms with Crippen LogP contribution >= 0.6 is 11.6 Å². The summed E-state index contributed by atoms with van der Waals surface area (Å²) in [7, 11) is 0. The molecule has 0 saturated carbocycles. The molecule has 0 spiro atoms. The largest absolute Gasteiger partial charge is 0.378 e. The number of nitrogens with one attached hydrogen (secondary N) is 1. The van der Waals surface area contributed by atoms with Crippen LogP contribution in [0, 0.1) is 11.7 Å². The second-order valence-corrected chi connectivity index (χ2v) is 7.45. The van der Waals surface area contributed by atoms with E-state index in [1.807, 2.05) is 11.8 Å². The third-order valence-corrected chi connectivity index (χ3v) is 5.53. The molecule has 8 heteroatoms. The number of carbonyl (C=O) groups excluding carboxylic acids is 2. The molecule has 2 saturated heterocycles. The van der Waals surface area contributed by atoms with Gasteiger partial charge >= 0.3 is 6.03 Å². The highest BCUT2D eigenvalue weighted by molar-refractivity contribution is 6.30. The number of halogens is 2. The Morgan fingerprint density at radius 3 is 2.48 bits per heavy atom. The first kappa shape index (κ1) is 19.9. The number of ether oxygens (including phenoxy) is 1. The summed E-state index contributed by atoms with van der Waals surface area (Å²) in [6, 6.07) is 3.96. The van der Waals surface area contributed by atoms with E-state index in [1.54, 1.807) is 11.0 Å². The van der Waals surface area contributed by atoms with Crippen LogP contribution in [0.25, 0.3) is 0 Å². The highest BCUT2D eigenvalue weighted by Gasteiger charge is 2.31. The van der Waals surface area contributed by atoms with Gasteiger partial charge in [0.2, 0.25) is 5.91 Å². The highest BCUT2D eigenvalue weighted by Crippen LogP contribution is 2.23. The maximum atomic E-state index is 13.3. The first-order valence-corrected chi connectivity index (χ1v) is 9.70. The van der Waals surface area contributed by atoms with Gasteiger partial charge in [-0.1, -0.05) is 17.7 Å². The van der Waals surface area contributed by atoms with Gasteiger partial charge in [0, 0.05) is 32.1 Å². The second-order valence-electron chi connectivity index (χ2n) is 7.04. The monoisotopic (exact) mass is 397 g/mol. The van der Waals surface area contributed by atoms with E-state index < -0.39 is 5.82 Å². The zero-order valence-corrected chi connectivity index (χ0v) is 16.2. The van der Waals surface area contributed by atoms with Crippen molar-refractivity contribution in [3.63, 3.8) is 0 Å². The summed E-state index contributed by atoms with van der Waals surface area (Å²) in [4.78, 5) is 28.7. The standard InChI is InChI=1S/C19H25ClFN3O3/c1-13(15-2-3-17(21)16(20)12-15)22-19(26)24-6-4-14(5-7-24)18(25)23-8-10-27-11-9-23/h2-3,12-14H,4-11H2,1H3,(H,22,26). The van der Waals surface area contributed by atoms with Gasteiger partial charge in [-0.25, -0.2) is 9.18 Å². The van der Waals surface area contributed by atoms with Gasteiger partial charge in [-0.15, -0.1) is 0 Å². The van der Waals surface area contributed by atoms with Crippen molar-refractivity contribution in [2.24, 2.45) is 5.92 Å². The Balaban J connectivity index is 1.49. The van der Waals surface area contributed by atoms with Gasteiger partial charge in [0.25, 0.3) is 0 Å². The molecule has 2 aliphatic heterocycles. The fourth-order valence-electron chi connectivity index (χ4n) is 3.51. The summed E-state index contributed by atoms with van der Waals surface area (Å²) < 4.78 is 18.6. The number of rotatable bonds is 3. The number of carbonyl (C=O) groups is 2. The van der Waals surface area contributed by atoms with Crippen LogP contribution in [0.4, 0.5) is 9.18 Å². The van der Waals surface area contributed by atoms with E-state index in [-0.39, 0.29) is 28.9 Å². The molecule has 3 amide bonds. The molecule has 148 valence electrons. The van der Waals surface area contributed by atoms with E-state index >= 15 is 0 Å². The molecule has 6 nitrogen and oxygen atoms in total. The maximum absolute atomic E-state index is 13.3. The van der Waals surface area contributed by atoms with Crippen molar-refractivity contribution in [2.75, 3.05) is 39.4 Å². The molecule has 2 fully saturated rings. The van der Waals surface area contributed by atoms with Crippen LogP contribution in [0.15, 0.2) is 18.2 Å². The highest BCUT2D eigenvalue weighted by atomic mass is 35.5. The molecule has 1 unspecified atom stereocenters. The number of hydrogen-bond donors (Lipinski definition) is 1. The topological polar surface area (TPSA) is 61.9 Å². The summed E-state index contributed by atoms with van der Waals surface area (Å²) in [5.41, 5.74) is 0.743. The van der Waals surface area contributed by atoms with Crippen molar-refractivity contribution >= 4 is 23.5 Å². The summed E-state index contributed by atoms with van der Waals surface area (Å²) >= 11 is 5.81. The van der Waals surface area contributed by atoms with E-state index in [9.17, 15) is 14.0 Å².